The first-order chi connectivity index (χ1) is 11.0. The summed E-state index contributed by atoms with van der Waals surface area (Å²) < 4.78 is 26.1. The Hall–Kier alpha value is -0.950. The van der Waals surface area contributed by atoms with Crippen molar-refractivity contribution in [2.75, 3.05) is 31.9 Å². The summed E-state index contributed by atoms with van der Waals surface area (Å²) in [6, 6.07) is 9.71. The minimum Gasteiger partial charge on any atom is -0.387 e. The van der Waals surface area contributed by atoms with E-state index in [1.807, 2.05) is 37.3 Å². The molecule has 0 aliphatic carbocycles. The van der Waals surface area contributed by atoms with Gasteiger partial charge in [0.25, 0.3) is 0 Å². The van der Waals surface area contributed by atoms with Crippen molar-refractivity contribution in [1.82, 2.24) is 9.62 Å². The van der Waals surface area contributed by atoms with Gasteiger partial charge in [0.15, 0.2) is 0 Å². The van der Waals surface area contributed by atoms with Gasteiger partial charge in [0.2, 0.25) is 10.0 Å². The molecule has 0 bridgehead atoms. The van der Waals surface area contributed by atoms with Gasteiger partial charge < -0.3 is 10.0 Å². The average molecular weight is 340 g/mol. The minimum absolute atomic E-state index is 0.203. The van der Waals surface area contributed by atoms with E-state index in [-0.39, 0.29) is 5.75 Å². The quantitative estimate of drug-likeness (QED) is 0.757. The SMILES string of the molecule is CCCS(=O)(=O)NCC1CCN(C[C@H](O)c2ccccc2)CC1. The number of β-amino-alcohol motifs (C(OH)–C–C–N with tert-alkyl or cyclic N) is 1. The van der Waals surface area contributed by atoms with E-state index in [2.05, 4.69) is 9.62 Å². The number of rotatable bonds is 8. The topological polar surface area (TPSA) is 69.6 Å². The number of nitrogens with one attached hydrogen (secondary N) is 1. The zero-order chi connectivity index (χ0) is 16.7. The second-order valence-electron chi connectivity index (χ2n) is 6.34. The number of benzene rings is 1. The van der Waals surface area contributed by atoms with E-state index in [0.717, 1.165) is 31.5 Å². The Labute approximate surface area is 139 Å². The highest BCUT2D eigenvalue weighted by Gasteiger charge is 2.22. The van der Waals surface area contributed by atoms with Crippen LogP contribution in [0.4, 0.5) is 0 Å². The van der Waals surface area contributed by atoms with Gasteiger partial charge in [0, 0.05) is 13.1 Å². The molecular formula is C17H28N2O3S. The summed E-state index contributed by atoms with van der Waals surface area (Å²) in [7, 11) is -3.10. The number of nitrogens with zero attached hydrogens (tertiary/aromatic N) is 1. The first-order valence-electron chi connectivity index (χ1n) is 8.43. The van der Waals surface area contributed by atoms with Crippen LogP contribution in [0.1, 0.15) is 37.9 Å². The molecule has 1 fully saturated rings. The molecule has 2 N–H and O–H groups in total. The van der Waals surface area contributed by atoms with Crippen molar-refractivity contribution in [3.63, 3.8) is 0 Å². The van der Waals surface area contributed by atoms with Gasteiger partial charge in [0.1, 0.15) is 0 Å². The Kier molecular flexibility index (Phi) is 7.02. The van der Waals surface area contributed by atoms with Crippen molar-refractivity contribution in [3.8, 4) is 0 Å². The van der Waals surface area contributed by atoms with Crippen LogP contribution in [0.15, 0.2) is 30.3 Å². The molecule has 1 atom stereocenters. The molecule has 0 radical (unpaired) electrons. The number of aliphatic hydroxyl groups is 1. The van der Waals surface area contributed by atoms with E-state index >= 15 is 0 Å². The van der Waals surface area contributed by atoms with E-state index in [0.29, 0.717) is 25.4 Å². The van der Waals surface area contributed by atoms with Gasteiger partial charge >= 0.3 is 0 Å². The largest absolute Gasteiger partial charge is 0.387 e. The summed E-state index contributed by atoms with van der Waals surface area (Å²) in [4.78, 5) is 2.26. The molecule has 1 saturated heterocycles. The van der Waals surface area contributed by atoms with Crippen LogP contribution in [0, 0.1) is 5.92 Å². The molecule has 1 aliphatic rings. The van der Waals surface area contributed by atoms with Crippen LogP contribution in [-0.4, -0.2) is 50.4 Å². The molecule has 0 unspecified atom stereocenters. The summed E-state index contributed by atoms with van der Waals surface area (Å²) in [6.07, 6.45) is 2.12. The minimum atomic E-state index is -3.10. The number of sulfonamides is 1. The van der Waals surface area contributed by atoms with Crippen molar-refractivity contribution in [2.45, 2.75) is 32.3 Å². The third kappa shape index (κ3) is 6.22. The van der Waals surface area contributed by atoms with Crippen LogP contribution in [0.3, 0.4) is 0 Å². The fourth-order valence-corrected chi connectivity index (χ4v) is 4.16. The van der Waals surface area contributed by atoms with Crippen molar-refractivity contribution in [1.29, 1.82) is 0 Å². The monoisotopic (exact) mass is 340 g/mol. The second-order valence-corrected chi connectivity index (χ2v) is 8.26. The molecule has 5 nitrogen and oxygen atoms in total. The maximum atomic E-state index is 11.7. The standard InChI is InChI=1S/C17H28N2O3S/c1-2-12-23(21,22)18-13-15-8-10-19(11-9-15)14-17(20)16-6-4-3-5-7-16/h3-7,15,17-18,20H,2,8-14H2,1H3/t17-/m0/s1. The van der Waals surface area contributed by atoms with Gasteiger partial charge in [-0.3, -0.25) is 0 Å². The first-order valence-corrected chi connectivity index (χ1v) is 10.1. The zero-order valence-electron chi connectivity index (χ0n) is 13.8. The third-order valence-corrected chi connectivity index (χ3v) is 5.94. The van der Waals surface area contributed by atoms with Crippen LogP contribution in [0.2, 0.25) is 0 Å². The number of likely N-dealkylation sites (tertiary alicyclic amines) is 1. The van der Waals surface area contributed by atoms with Crippen LogP contribution >= 0.6 is 0 Å². The fraction of sp³-hybridized carbons (Fsp3) is 0.647. The zero-order valence-corrected chi connectivity index (χ0v) is 14.6. The summed E-state index contributed by atoms with van der Waals surface area (Å²) in [5, 5.41) is 10.3. The smallest absolute Gasteiger partial charge is 0.211 e. The molecule has 0 saturated carbocycles. The molecule has 0 spiro atoms. The number of aliphatic hydroxyl groups excluding tert-OH is 1. The highest BCUT2D eigenvalue weighted by molar-refractivity contribution is 7.89. The van der Waals surface area contributed by atoms with Crippen LogP contribution in [0.25, 0.3) is 0 Å². The summed E-state index contributed by atoms with van der Waals surface area (Å²) in [6.45, 7) is 4.86. The number of piperidine rings is 1. The fourth-order valence-electron chi connectivity index (χ4n) is 2.98. The lowest BCUT2D eigenvalue weighted by atomic mass is 9.96. The molecule has 1 heterocycles. The maximum absolute atomic E-state index is 11.7. The van der Waals surface area contributed by atoms with E-state index in [4.69, 9.17) is 0 Å². The Bertz CT molecular complexity index is 554. The maximum Gasteiger partial charge on any atom is 0.211 e. The van der Waals surface area contributed by atoms with E-state index < -0.39 is 16.1 Å². The first kappa shape index (κ1) is 18.4. The van der Waals surface area contributed by atoms with Gasteiger partial charge in [-0.25, -0.2) is 13.1 Å². The summed E-state index contributed by atoms with van der Waals surface area (Å²) in [5.74, 6) is 0.599. The lowest BCUT2D eigenvalue weighted by Crippen LogP contribution is -2.40. The van der Waals surface area contributed by atoms with Gasteiger partial charge in [-0.05, 0) is 43.8 Å². The van der Waals surface area contributed by atoms with Gasteiger partial charge in [-0.15, -0.1) is 0 Å². The van der Waals surface area contributed by atoms with Crippen molar-refractivity contribution < 1.29 is 13.5 Å². The predicted molar refractivity (Wildman–Crippen MR) is 92.6 cm³/mol. The molecule has 0 amide bonds. The Morgan fingerprint density at radius 1 is 1.26 bits per heavy atom. The number of hydrogen-bond acceptors (Lipinski definition) is 4. The van der Waals surface area contributed by atoms with Crippen LogP contribution in [0.5, 0.6) is 0 Å². The lowest BCUT2D eigenvalue weighted by molar-refractivity contribution is 0.0899. The average Bonchev–Trinajstić information content (AvgIpc) is 2.55. The van der Waals surface area contributed by atoms with Crippen LogP contribution in [-0.2, 0) is 10.0 Å². The Morgan fingerprint density at radius 2 is 1.91 bits per heavy atom. The third-order valence-electron chi connectivity index (χ3n) is 4.39. The van der Waals surface area contributed by atoms with E-state index in [1.165, 1.54) is 0 Å². The molecule has 1 aliphatic heterocycles. The normalized spacial score (nSPS) is 18.9. The van der Waals surface area contributed by atoms with Gasteiger partial charge in [0.05, 0.1) is 11.9 Å². The molecule has 1 aromatic rings. The lowest BCUT2D eigenvalue weighted by Gasteiger charge is -2.33. The predicted octanol–water partition coefficient (Wildman–Crippen LogP) is 1.76. The van der Waals surface area contributed by atoms with Gasteiger partial charge in [-0.2, -0.15) is 0 Å². The summed E-state index contributed by atoms with van der Waals surface area (Å²) in [5.41, 5.74) is 0.946. The highest BCUT2D eigenvalue weighted by Crippen LogP contribution is 2.20. The van der Waals surface area contributed by atoms with E-state index in [9.17, 15) is 13.5 Å². The van der Waals surface area contributed by atoms with E-state index in [1.54, 1.807) is 0 Å². The molecule has 6 heteroatoms. The molecule has 2 rings (SSSR count). The second kappa shape index (κ2) is 8.78. The summed E-state index contributed by atoms with van der Waals surface area (Å²) >= 11 is 0. The van der Waals surface area contributed by atoms with Crippen molar-refractivity contribution in [2.24, 2.45) is 5.92 Å². The Morgan fingerprint density at radius 3 is 2.52 bits per heavy atom. The molecule has 23 heavy (non-hydrogen) atoms. The molecule has 0 aromatic heterocycles. The highest BCUT2D eigenvalue weighted by atomic mass is 32.2. The number of hydrogen-bond donors (Lipinski definition) is 2. The van der Waals surface area contributed by atoms with Gasteiger partial charge in [-0.1, -0.05) is 37.3 Å². The molecule has 1 aromatic carbocycles. The van der Waals surface area contributed by atoms with Crippen LogP contribution < -0.4 is 4.72 Å². The molecular weight excluding hydrogens is 312 g/mol. The Balaban J connectivity index is 1.72. The van der Waals surface area contributed by atoms with Crippen molar-refractivity contribution >= 4 is 10.0 Å². The van der Waals surface area contributed by atoms with Crippen molar-refractivity contribution in [3.05, 3.63) is 35.9 Å². The molecule has 130 valence electrons.